The fraction of sp³-hybridized carbons (Fsp3) is 0.231. The van der Waals surface area contributed by atoms with Gasteiger partial charge in [0.1, 0.15) is 5.75 Å². The fourth-order valence-electron chi connectivity index (χ4n) is 4.30. The summed E-state index contributed by atoms with van der Waals surface area (Å²) in [6.07, 6.45) is 3.64. The molecule has 33 heavy (non-hydrogen) atoms. The van der Waals surface area contributed by atoms with E-state index in [4.69, 9.17) is 4.74 Å². The lowest BCUT2D eigenvalue weighted by molar-refractivity contribution is -0.130. The number of piperidine rings is 1. The van der Waals surface area contributed by atoms with Crippen molar-refractivity contribution in [2.45, 2.75) is 25.7 Å². The zero-order valence-corrected chi connectivity index (χ0v) is 18.3. The van der Waals surface area contributed by atoms with E-state index in [1.54, 1.807) is 37.4 Å². The van der Waals surface area contributed by atoms with E-state index in [9.17, 15) is 9.59 Å². The van der Waals surface area contributed by atoms with Crippen molar-refractivity contribution >= 4 is 22.7 Å². The van der Waals surface area contributed by atoms with Gasteiger partial charge in [-0.05, 0) is 55.3 Å². The Labute approximate surface area is 191 Å². The summed E-state index contributed by atoms with van der Waals surface area (Å²) in [5.41, 5.74) is 3.10. The third-order valence-corrected chi connectivity index (χ3v) is 6.04. The summed E-state index contributed by atoms with van der Waals surface area (Å²) in [7, 11) is 0. The standard InChI is InChI=1S/C26H24N4O3/c1-17(31)30-15-5-6-19(16-30)21-7-4-14-27-26(21)33-20-12-10-18(11-13-20)24(32)25-28-22-8-2-3-9-23(22)29-25/h2-4,7-14,19H,5-6,15-16H2,1H3,(H,28,29)/t19-/m1/s1. The van der Waals surface area contributed by atoms with E-state index in [0.29, 0.717) is 29.6 Å². The average Bonchev–Trinajstić information content (AvgIpc) is 3.29. The lowest BCUT2D eigenvalue weighted by Crippen LogP contribution is -2.37. The topological polar surface area (TPSA) is 88.2 Å². The molecule has 0 spiro atoms. The average molecular weight is 441 g/mol. The first kappa shape index (κ1) is 20.9. The van der Waals surface area contributed by atoms with Crippen molar-refractivity contribution in [1.29, 1.82) is 0 Å². The Morgan fingerprint density at radius 2 is 1.88 bits per heavy atom. The van der Waals surface area contributed by atoms with Gasteiger partial charge in [-0.15, -0.1) is 0 Å². The number of amides is 1. The Balaban J connectivity index is 1.33. The number of H-pyrrole nitrogens is 1. The zero-order valence-electron chi connectivity index (χ0n) is 18.3. The van der Waals surface area contributed by atoms with E-state index in [2.05, 4.69) is 15.0 Å². The summed E-state index contributed by atoms with van der Waals surface area (Å²) in [4.78, 5) is 38.5. The number of likely N-dealkylation sites (tertiary alicyclic amines) is 1. The number of ketones is 1. The quantitative estimate of drug-likeness (QED) is 0.454. The predicted molar refractivity (Wildman–Crippen MR) is 125 cm³/mol. The first-order valence-electron chi connectivity index (χ1n) is 11.1. The minimum absolute atomic E-state index is 0.0933. The molecule has 3 heterocycles. The number of benzene rings is 2. The maximum absolute atomic E-state index is 12.9. The van der Waals surface area contributed by atoms with E-state index in [0.717, 1.165) is 36.0 Å². The molecule has 1 aliphatic heterocycles. The molecule has 2 aromatic heterocycles. The van der Waals surface area contributed by atoms with Crippen LogP contribution in [-0.2, 0) is 4.79 Å². The molecule has 1 aliphatic rings. The molecule has 1 saturated heterocycles. The van der Waals surface area contributed by atoms with Crippen LogP contribution in [0.3, 0.4) is 0 Å². The molecule has 0 radical (unpaired) electrons. The third kappa shape index (κ3) is 4.35. The highest BCUT2D eigenvalue weighted by Gasteiger charge is 2.26. The van der Waals surface area contributed by atoms with Gasteiger partial charge in [0.25, 0.3) is 0 Å². The number of rotatable bonds is 5. The number of nitrogens with zero attached hydrogens (tertiary/aromatic N) is 3. The maximum Gasteiger partial charge on any atom is 0.228 e. The number of ether oxygens (including phenoxy) is 1. The fourth-order valence-corrected chi connectivity index (χ4v) is 4.30. The molecular weight excluding hydrogens is 416 g/mol. The summed E-state index contributed by atoms with van der Waals surface area (Å²) in [6, 6.07) is 18.4. The molecule has 1 atom stereocenters. The second-order valence-electron chi connectivity index (χ2n) is 8.26. The van der Waals surface area contributed by atoms with Gasteiger partial charge >= 0.3 is 0 Å². The molecule has 5 rings (SSSR count). The van der Waals surface area contributed by atoms with Crippen LogP contribution in [0.2, 0.25) is 0 Å². The van der Waals surface area contributed by atoms with E-state index in [-0.39, 0.29) is 17.6 Å². The molecule has 0 aliphatic carbocycles. The monoisotopic (exact) mass is 440 g/mol. The number of hydrogen-bond acceptors (Lipinski definition) is 5. The van der Waals surface area contributed by atoms with Crippen LogP contribution in [0.15, 0.2) is 66.9 Å². The van der Waals surface area contributed by atoms with E-state index >= 15 is 0 Å². The van der Waals surface area contributed by atoms with Crippen molar-refractivity contribution < 1.29 is 14.3 Å². The number of aromatic nitrogens is 3. The molecule has 1 amide bonds. The van der Waals surface area contributed by atoms with Crippen LogP contribution >= 0.6 is 0 Å². The zero-order chi connectivity index (χ0) is 22.8. The second kappa shape index (κ2) is 8.86. The predicted octanol–water partition coefficient (Wildman–Crippen LogP) is 4.71. The highest BCUT2D eigenvalue weighted by molar-refractivity contribution is 6.08. The maximum atomic E-state index is 12.9. The summed E-state index contributed by atoms with van der Waals surface area (Å²) in [5, 5.41) is 0. The SMILES string of the molecule is CC(=O)N1CCC[C@@H](c2cccnc2Oc2ccc(C(=O)c3nc4ccccc4[nH]3)cc2)C1. The Morgan fingerprint density at radius 3 is 2.67 bits per heavy atom. The van der Waals surface area contributed by atoms with Crippen LogP contribution in [0.1, 0.15) is 47.4 Å². The van der Waals surface area contributed by atoms with Gasteiger partial charge in [0.15, 0.2) is 5.82 Å². The van der Waals surface area contributed by atoms with Crippen molar-refractivity contribution in [2.75, 3.05) is 13.1 Å². The molecule has 7 nitrogen and oxygen atoms in total. The second-order valence-corrected chi connectivity index (χ2v) is 8.26. The number of carbonyl (C=O) groups excluding carboxylic acids is 2. The number of aromatic amines is 1. The van der Waals surface area contributed by atoms with Crippen LogP contribution < -0.4 is 4.74 Å². The van der Waals surface area contributed by atoms with Gasteiger partial charge < -0.3 is 14.6 Å². The van der Waals surface area contributed by atoms with Gasteiger partial charge in [-0.25, -0.2) is 9.97 Å². The number of hydrogen-bond donors (Lipinski definition) is 1. The van der Waals surface area contributed by atoms with Crippen LogP contribution in [0, 0.1) is 0 Å². The van der Waals surface area contributed by atoms with Crippen LogP contribution in [0.4, 0.5) is 0 Å². The van der Waals surface area contributed by atoms with Crippen molar-refractivity contribution in [3.05, 3.63) is 83.8 Å². The number of pyridine rings is 1. The summed E-state index contributed by atoms with van der Waals surface area (Å²) < 4.78 is 6.10. The Bertz CT molecular complexity index is 1280. The number of imidazole rings is 1. The minimum atomic E-state index is -0.178. The van der Waals surface area contributed by atoms with Gasteiger partial charge in [-0.1, -0.05) is 18.2 Å². The molecule has 1 fully saturated rings. The first-order valence-corrected chi connectivity index (χ1v) is 11.1. The number of fused-ring (bicyclic) bond motifs is 1. The summed E-state index contributed by atoms with van der Waals surface area (Å²) >= 11 is 0. The van der Waals surface area contributed by atoms with Crippen LogP contribution in [0.5, 0.6) is 11.6 Å². The largest absolute Gasteiger partial charge is 0.439 e. The molecule has 166 valence electrons. The first-order chi connectivity index (χ1) is 16.1. The lowest BCUT2D eigenvalue weighted by Gasteiger charge is -2.32. The highest BCUT2D eigenvalue weighted by atomic mass is 16.5. The van der Waals surface area contributed by atoms with Crippen LogP contribution in [0.25, 0.3) is 11.0 Å². The Morgan fingerprint density at radius 1 is 1.06 bits per heavy atom. The van der Waals surface area contributed by atoms with Gasteiger partial charge in [0.05, 0.1) is 11.0 Å². The van der Waals surface area contributed by atoms with Crippen molar-refractivity contribution in [1.82, 2.24) is 19.9 Å². The molecule has 7 heteroatoms. The molecular formula is C26H24N4O3. The number of nitrogens with one attached hydrogen (secondary N) is 1. The van der Waals surface area contributed by atoms with Gasteiger partial charge in [0, 0.05) is 43.3 Å². The van der Waals surface area contributed by atoms with Crippen molar-refractivity contribution in [3.8, 4) is 11.6 Å². The molecule has 0 bridgehead atoms. The lowest BCUT2D eigenvalue weighted by atomic mass is 9.91. The summed E-state index contributed by atoms with van der Waals surface area (Å²) in [5.74, 6) is 1.53. The molecule has 0 saturated carbocycles. The van der Waals surface area contributed by atoms with E-state index < -0.39 is 0 Å². The molecule has 0 unspecified atom stereocenters. The number of para-hydroxylation sites is 2. The highest BCUT2D eigenvalue weighted by Crippen LogP contribution is 2.34. The third-order valence-electron chi connectivity index (χ3n) is 6.04. The number of carbonyl (C=O) groups is 2. The minimum Gasteiger partial charge on any atom is -0.439 e. The summed E-state index contributed by atoms with van der Waals surface area (Å²) in [6.45, 7) is 3.07. The van der Waals surface area contributed by atoms with Gasteiger partial charge in [-0.3, -0.25) is 9.59 Å². The van der Waals surface area contributed by atoms with Gasteiger partial charge in [-0.2, -0.15) is 0 Å². The van der Waals surface area contributed by atoms with Crippen molar-refractivity contribution in [3.63, 3.8) is 0 Å². The van der Waals surface area contributed by atoms with Gasteiger partial charge in [0.2, 0.25) is 17.6 Å². The molecule has 1 N–H and O–H groups in total. The normalized spacial score (nSPS) is 16.0. The Hall–Kier alpha value is -4.00. The van der Waals surface area contributed by atoms with Crippen molar-refractivity contribution in [2.24, 2.45) is 0 Å². The van der Waals surface area contributed by atoms with Crippen LogP contribution in [-0.4, -0.2) is 44.6 Å². The van der Waals surface area contributed by atoms with E-state index in [1.807, 2.05) is 41.3 Å². The smallest absolute Gasteiger partial charge is 0.228 e. The van der Waals surface area contributed by atoms with E-state index in [1.165, 1.54) is 0 Å². The molecule has 4 aromatic rings. The molecule has 2 aromatic carbocycles. The Kier molecular flexibility index (Phi) is 5.60.